The van der Waals surface area contributed by atoms with Crippen LogP contribution in [0.5, 0.6) is 0 Å². The minimum absolute atomic E-state index is 0.0268. The quantitative estimate of drug-likeness (QED) is 0.830. The lowest BCUT2D eigenvalue weighted by molar-refractivity contribution is -0.122. The van der Waals surface area contributed by atoms with Crippen molar-refractivity contribution in [2.24, 2.45) is 0 Å². The first-order chi connectivity index (χ1) is 9.74. The third-order valence-electron chi connectivity index (χ3n) is 4.29. The van der Waals surface area contributed by atoms with Crippen molar-refractivity contribution in [1.82, 2.24) is 5.32 Å². The van der Waals surface area contributed by atoms with Crippen LogP contribution in [0.3, 0.4) is 0 Å². The van der Waals surface area contributed by atoms with Gasteiger partial charge in [0.25, 0.3) is 0 Å². The molecule has 1 amide bonds. The maximum Gasteiger partial charge on any atom is 0.224 e. The molecule has 2 aliphatic carbocycles. The number of aliphatic hydroxyl groups excluding tert-OH is 1. The Hall–Kier alpha value is -1.61. The van der Waals surface area contributed by atoms with Crippen LogP contribution in [0.1, 0.15) is 49.3 Å². The van der Waals surface area contributed by atoms with E-state index >= 15 is 0 Å². The van der Waals surface area contributed by atoms with Crippen LogP contribution in [0.15, 0.2) is 35.9 Å². The molecule has 0 bridgehead atoms. The molecule has 3 rings (SSSR count). The molecule has 3 nitrogen and oxygen atoms in total. The van der Waals surface area contributed by atoms with E-state index in [9.17, 15) is 9.90 Å². The van der Waals surface area contributed by atoms with E-state index in [1.807, 2.05) is 24.3 Å². The molecule has 2 N–H and O–H groups in total. The molecule has 1 aromatic rings. The van der Waals surface area contributed by atoms with Crippen LogP contribution < -0.4 is 5.32 Å². The van der Waals surface area contributed by atoms with Crippen LogP contribution in [0.25, 0.3) is 0 Å². The van der Waals surface area contributed by atoms with Gasteiger partial charge in [0.05, 0.1) is 12.1 Å². The van der Waals surface area contributed by atoms with Gasteiger partial charge in [-0.15, -0.1) is 0 Å². The Labute approximate surface area is 119 Å². The zero-order chi connectivity index (χ0) is 13.9. The number of rotatable bonds is 3. The number of carbonyl (C=O) groups excluding carboxylic acids is 1. The summed E-state index contributed by atoms with van der Waals surface area (Å²) in [7, 11) is 0. The standard InChI is InChI=1S/C17H21NO2/c19-15-11-13-8-4-5-9-14(13)17(15)18-16(20)10-12-6-2-1-3-7-12/h4-6,8-9,15,17,19H,1-3,7,10-11H2,(H,18,20). The Bertz CT molecular complexity index is 536. The van der Waals surface area contributed by atoms with E-state index in [-0.39, 0.29) is 11.9 Å². The molecular weight excluding hydrogens is 250 g/mol. The maximum atomic E-state index is 12.2. The topological polar surface area (TPSA) is 49.3 Å². The average molecular weight is 271 g/mol. The molecule has 20 heavy (non-hydrogen) atoms. The number of allylic oxidation sites excluding steroid dienone is 1. The van der Waals surface area contributed by atoms with Gasteiger partial charge in [0.2, 0.25) is 5.91 Å². The summed E-state index contributed by atoms with van der Waals surface area (Å²) in [4.78, 5) is 12.2. The fourth-order valence-corrected chi connectivity index (χ4v) is 3.24. The lowest BCUT2D eigenvalue weighted by atomic mass is 9.97. The maximum absolute atomic E-state index is 12.2. The van der Waals surface area contributed by atoms with Crippen LogP contribution in [0.4, 0.5) is 0 Å². The highest BCUT2D eigenvalue weighted by molar-refractivity contribution is 5.79. The van der Waals surface area contributed by atoms with Gasteiger partial charge in [-0.25, -0.2) is 0 Å². The van der Waals surface area contributed by atoms with Crippen LogP contribution in [0.2, 0.25) is 0 Å². The smallest absolute Gasteiger partial charge is 0.224 e. The van der Waals surface area contributed by atoms with Crippen LogP contribution in [0, 0.1) is 0 Å². The summed E-state index contributed by atoms with van der Waals surface area (Å²) in [5.41, 5.74) is 3.45. The number of hydrogen-bond donors (Lipinski definition) is 2. The monoisotopic (exact) mass is 271 g/mol. The summed E-state index contributed by atoms with van der Waals surface area (Å²) >= 11 is 0. The van der Waals surface area contributed by atoms with E-state index < -0.39 is 6.10 Å². The zero-order valence-electron chi connectivity index (χ0n) is 11.6. The molecule has 2 aliphatic rings. The van der Waals surface area contributed by atoms with Crippen molar-refractivity contribution in [3.8, 4) is 0 Å². The van der Waals surface area contributed by atoms with Gasteiger partial charge in [-0.1, -0.05) is 35.9 Å². The molecule has 0 heterocycles. The highest BCUT2D eigenvalue weighted by atomic mass is 16.3. The molecule has 1 aromatic carbocycles. The number of amides is 1. The molecule has 0 saturated heterocycles. The van der Waals surface area contributed by atoms with Crippen molar-refractivity contribution >= 4 is 5.91 Å². The van der Waals surface area contributed by atoms with E-state index in [1.165, 1.54) is 18.4 Å². The predicted octanol–water partition coefficient (Wildman–Crippen LogP) is 2.65. The molecule has 0 spiro atoms. The van der Waals surface area contributed by atoms with Gasteiger partial charge in [-0.05, 0) is 36.8 Å². The van der Waals surface area contributed by atoms with Gasteiger partial charge < -0.3 is 10.4 Å². The summed E-state index contributed by atoms with van der Waals surface area (Å²) < 4.78 is 0. The van der Waals surface area contributed by atoms with Crippen LogP contribution >= 0.6 is 0 Å². The summed E-state index contributed by atoms with van der Waals surface area (Å²) in [5, 5.41) is 13.1. The minimum atomic E-state index is -0.503. The van der Waals surface area contributed by atoms with E-state index in [1.54, 1.807) is 0 Å². The number of fused-ring (bicyclic) bond motifs is 1. The van der Waals surface area contributed by atoms with Crippen LogP contribution in [-0.4, -0.2) is 17.1 Å². The number of nitrogens with one attached hydrogen (secondary N) is 1. The van der Waals surface area contributed by atoms with Crippen molar-refractivity contribution in [2.75, 3.05) is 0 Å². The molecule has 0 aliphatic heterocycles. The SMILES string of the molecule is O=C(CC1=CCCCC1)NC1c2ccccc2CC1O. The second-order valence-corrected chi connectivity index (χ2v) is 5.80. The lowest BCUT2D eigenvalue weighted by Gasteiger charge is -2.19. The molecule has 106 valence electrons. The number of hydrogen-bond acceptors (Lipinski definition) is 2. The minimum Gasteiger partial charge on any atom is -0.390 e. The molecular formula is C17H21NO2. The highest BCUT2D eigenvalue weighted by Crippen LogP contribution is 2.31. The summed E-state index contributed by atoms with van der Waals surface area (Å²) in [6.45, 7) is 0. The molecule has 2 unspecified atom stereocenters. The molecule has 0 saturated carbocycles. The number of carbonyl (C=O) groups is 1. The highest BCUT2D eigenvalue weighted by Gasteiger charge is 2.31. The Morgan fingerprint density at radius 1 is 1.30 bits per heavy atom. The van der Waals surface area contributed by atoms with Gasteiger partial charge in [0, 0.05) is 12.8 Å². The third kappa shape index (κ3) is 2.78. The largest absolute Gasteiger partial charge is 0.390 e. The molecule has 3 heteroatoms. The Kier molecular flexibility index (Phi) is 3.88. The predicted molar refractivity (Wildman–Crippen MR) is 78.2 cm³/mol. The van der Waals surface area contributed by atoms with Gasteiger partial charge in [-0.3, -0.25) is 4.79 Å². The molecule has 0 fully saturated rings. The Morgan fingerprint density at radius 3 is 2.95 bits per heavy atom. The second kappa shape index (κ2) is 5.80. The molecule has 2 atom stereocenters. The van der Waals surface area contributed by atoms with E-state index in [2.05, 4.69) is 11.4 Å². The average Bonchev–Trinajstić information content (AvgIpc) is 2.76. The number of aliphatic hydroxyl groups is 1. The van der Waals surface area contributed by atoms with E-state index in [0.29, 0.717) is 12.8 Å². The second-order valence-electron chi connectivity index (χ2n) is 5.80. The zero-order valence-corrected chi connectivity index (χ0v) is 11.6. The first-order valence-corrected chi connectivity index (χ1v) is 7.47. The van der Waals surface area contributed by atoms with Crippen molar-refractivity contribution in [2.45, 2.75) is 50.7 Å². The van der Waals surface area contributed by atoms with Crippen molar-refractivity contribution in [3.05, 3.63) is 47.0 Å². The third-order valence-corrected chi connectivity index (χ3v) is 4.29. The van der Waals surface area contributed by atoms with Gasteiger partial charge in [-0.2, -0.15) is 0 Å². The molecule has 0 radical (unpaired) electrons. The lowest BCUT2D eigenvalue weighted by Crippen LogP contribution is -2.34. The van der Waals surface area contributed by atoms with E-state index in [0.717, 1.165) is 24.0 Å². The normalized spacial score (nSPS) is 24.9. The van der Waals surface area contributed by atoms with Crippen LogP contribution in [-0.2, 0) is 11.2 Å². The van der Waals surface area contributed by atoms with Crippen molar-refractivity contribution < 1.29 is 9.90 Å². The van der Waals surface area contributed by atoms with Gasteiger partial charge in [0.15, 0.2) is 0 Å². The van der Waals surface area contributed by atoms with Gasteiger partial charge >= 0.3 is 0 Å². The summed E-state index contributed by atoms with van der Waals surface area (Å²) in [6, 6.07) is 7.70. The summed E-state index contributed by atoms with van der Waals surface area (Å²) in [5.74, 6) is 0.0268. The number of benzene rings is 1. The first kappa shape index (κ1) is 13.4. The Morgan fingerprint density at radius 2 is 2.15 bits per heavy atom. The van der Waals surface area contributed by atoms with Crippen molar-refractivity contribution in [3.63, 3.8) is 0 Å². The van der Waals surface area contributed by atoms with E-state index in [4.69, 9.17) is 0 Å². The Balaban J connectivity index is 1.65. The molecule has 0 aromatic heterocycles. The first-order valence-electron chi connectivity index (χ1n) is 7.47. The fourth-order valence-electron chi connectivity index (χ4n) is 3.24. The summed E-state index contributed by atoms with van der Waals surface area (Å²) in [6.07, 6.45) is 7.36. The van der Waals surface area contributed by atoms with Gasteiger partial charge in [0.1, 0.15) is 0 Å². The van der Waals surface area contributed by atoms with Crippen molar-refractivity contribution in [1.29, 1.82) is 0 Å². The fraction of sp³-hybridized carbons (Fsp3) is 0.471.